The topological polar surface area (TPSA) is 59.0 Å². The number of aliphatic hydroxyl groups is 1. The van der Waals surface area contributed by atoms with Crippen LogP contribution in [0.1, 0.15) is 19.8 Å². The molecule has 0 bridgehead atoms. The second-order valence-corrected chi connectivity index (χ2v) is 5.39. The van der Waals surface area contributed by atoms with E-state index in [1.54, 1.807) is 11.0 Å². The average molecular weight is 277 g/mol. The molecule has 0 aliphatic carbocycles. The molecule has 0 radical (unpaired) electrons. The predicted molar refractivity (Wildman–Crippen MR) is 72.8 cm³/mol. The van der Waals surface area contributed by atoms with Gasteiger partial charge in [0.15, 0.2) is 11.5 Å². The number of nitrogens with zero attached hydrogens (tertiary/aromatic N) is 1. The fourth-order valence-electron chi connectivity index (χ4n) is 2.73. The number of carbonyl (C=O) groups is 1. The van der Waals surface area contributed by atoms with Gasteiger partial charge in [-0.15, -0.1) is 0 Å². The van der Waals surface area contributed by atoms with Gasteiger partial charge in [0, 0.05) is 13.1 Å². The Morgan fingerprint density at radius 3 is 2.70 bits per heavy atom. The maximum absolute atomic E-state index is 12.5. The fraction of sp³-hybridized carbons (Fsp3) is 0.533. The molecule has 108 valence electrons. The van der Waals surface area contributed by atoms with E-state index in [4.69, 9.17) is 9.47 Å². The smallest absolute Gasteiger partial charge is 0.267 e. The first-order valence-electron chi connectivity index (χ1n) is 7.04. The molecule has 1 amide bonds. The van der Waals surface area contributed by atoms with Crippen LogP contribution in [0.5, 0.6) is 11.5 Å². The van der Waals surface area contributed by atoms with Crippen LogP contribution in [-0.4, -0.2) is 47.3 Å². The number of carbonyl (C=O) groups excluding carboxylic acids is 1. The summed E-state index contributed by atoms with van der Waals surface area (Å²) in [5.41, 5.74) is 0. The number of hydrogen-bond acceptors (Lipinski definition) is 4. The SMILES string of the molecule is CC1Oc2ccccc2OC1C(=O)N1CCC[C@H](O)C1. The van der Waals surface area contributed by atoms with Gasteiger partial charge < -0.3 is 19.5 Å². The predicted octanol–water partition coefficient (Wildman–Crippen LogP) is 1.20. The third-order valence-electron chi connectivity index (χ3n) is 3.79. The summed E-state index contributed by atoms with van der Waals surface area (Å²) < 4.78 is 11.5. The summed E-state index contributed by atoms with van der Waals surface area (Å²) in [4.78, 5) is 14.2. The molecular formula is C15H19NO4. The number of para-hydroxylation sites is 2. The molecule has 0 saturated carbocycles. The van der Waals surface area contributed by atoms with E-state index in [1.165, 1.54) is 0 Å². The Bertz CT molecular complexity index is 504. The number of β-amino-alcohol motifs (C(OH)–C–C–N with tert-alkyl or cyclic N) is 1. The van der Waals surface area contributed by atoms with Crippen LogP contribution in [0.4, 0.5) is 0 Å². The first-order valence-corrected chi connectivity index (χ1v) is 7.04. The molecule has 5 nitrogen and oxygen atoms in total. The summed E-state index contributed by atoms with van der Waals surface area (Å²) in [6.45, 7) is 2.88. The summed E-state index contributed by atoms with van der Waals surface area (Å²) >= 11 is 0. The van der Waals surface area contributed by atoms with Crippen LogP contribution in [0.25, 0.3) is 0 Å². The molecule has 1 aromatic rings. The molecule has 1 aromatic carbocycles. The summed E-state index contributed by atoms with van der Waals surface area (Å²) in [7, 11) is 0. The van der Waals surface area contributed by atoms with Crippen molar-refractivity contribution in [3.05, 3.63) is 24.3 Å². The molecule has 0 spiro atoms. The van der Waals surface area contributed by atoms with Crippen molar-refractivity contribution in [1.29, 1.82) is 0 Å². The molecule has 1 fully saturated rings. The molecule has 2 unspecified atom stereocenters. The van der Waals surface area contributed by atoms with Gasteiger partial charge >= 0.3 is 0 Å². The molecule has 0 aromatic heterocycles. The number of piperidine rings is 1. The number of aliphatic hydroxyl groups excluding tert-OH is 1. The zero-order chi connectivity index (χ0) is 14.1. The van der Waals surface area contributed by atoms with Crippen LogP contribution in [0.3, 0.4) is 0 Å². The first-order chi connectivity index (χ1) is 9.65. The van der Waals surface area contributed by atoms with Crippen molar-refractivity contribution in [3.8, 4) is 11.5 Å². The lowest BCUT2D eigenvalue weighted by atomic mass is 10.1. The van der Waals surface area contributed by atoms with Crippen molar-refractivity contribution in [3.63, 3.8) is 0 Å². The fourth-order valence-corrected chi connectivity index (χ4v) is 2.73. The number of ether oxygens (including phenoxy) is 2. The summed E-state index contributed by atoms with van der Waals surface area (Å²) in [6.07, 6.45) is 0.168. The minimum Gasteiger partial charge on any atom is -0.482 e. The van der Waals surface area contributed by atoms with Crippen molar-refractivity contribution in [2.24, 2.45) is 0 Å². The van der Waals surface area contributed by atoms with Gasteiger partial charge in [0.1, 0.15) is 6.10 Å². The number of rotatable bonds is 1. The maximum atomic E-state index is 12.5. The Labute approximate surface area is 118 Å². The van der Waals surface area contributed by atoms with Gasteiger partial charge in [0.05, 0.1) is 6.10 Å². The molecule has 2 aliphatic rings. The van der Waals surface area contributed by atoms with Gasteiger partial charge in [-0.05, 0) is 31.9 Å². The van der Waals surface area contributed by atoms with E-state index in [9.17, 15) is 9.90 Å². The Hall–Kier alpha value is -1.75. The normalized spacial score (nSPS) is 29.1. The summed E-state index contributed by atoms with van der Waals surface area (Å²) in [5.74, 6) is 1.16. The van der Waals surface area contributed by atoms with Crippen molar-refractivity contribution >= 4 is 5.91 Å². The van der Waals surface area contributed by atoms with Crippen molar-refractivity contribution in [2.45, 2.75) is 38.1 Å². The number of likely N-dealkylation sites (tertiary alicyclic amines) is 1. The molecular weight excluding hydrogens is 258 g/mol. The van der Waals surface area contributed by atoms with E-state index in [2.05, 4.69) is 0 Å². The highest BCUT2D eigenvalue weighted by molar-refractivity contribution is 5.82. The van der Waals surface area contributed by atoms with Crippen LogP contribution >= 0.6 is 0 Å². The van der Waals surface area contributed by atoms with Gasteiger partial charge in [-0.2, -0.15) is 0 Å². The Balaban J connectivity index is 1.75. The molecule has 20 heavy (non-hydrogen) atoms. The third kappa shape index (κ3) is 2.45. The lowest BCUT2D eigenvalue weighted by molar-refractivity contribution is -0.147. The molecule has 1 N–H and O–H groups in total. The molecule has 3 atom stereocenters. The number of fused-ring (bicyclic) bond motifs is 1. The van der Waals surface area contributed by atoms with Gasteiger partial charge in [-0.25, -0.2) is 0 Å². The van der Waals surface area contributed by atoms with E-state index in [1.807, 2.05) is 25.1 Å². The monoisotopic (exact) mass is 277 g/mol. The number of benzene rings is 1. The average Bonchev–Trinajstić information content (AvgIpc) is 2.46. The largest absolute Gasteiger partial charge is 0.482 e. The van der Waals surface area contributed by atoms with Crippen LogP contribution in [0.15, 0.2) is 24.3 Å². The van der Waals surface area contributed by atoms with Crippen molar-refractivity contribution in [1.82, 2.24) is 4.90 Å². The van der Waals surface area contributed by atoms with Crippen molar-refractivity contribution < 1.29 is 19.4 Å². The zero-order valence-corrected chi connectivity index (χ0v) is 11.5. The van der Waals surface area contributed by atoms with Crippen LogP contribution < -0.4 is 9.47 Å². The van der Waals surface area contributed by atoms with E-state index in [-0.39, 0.29) is 12.0 Å². The third-order valence-corrected chi connectivity index (χ3v) is 3.79. The molecule has 3 rings (SSSR count). The second-order valence-electron chi connectivity index (χ2n) is 5.39. The molecule has 5 heteroatoms. The second kappa shape index (κ2) is 5.32. The van der Waals surface area contributed by atoms with E-state index >= 15 is 0 Å². The van der Waals surface area contributed by atoms with E-state index in [0.29, 0.717) is 24.6 Å². The minimum absolute atomic E-state index is 0.106. The first kappa shape index (κ1) is 13.2. The van der Waals surface area contributed by atoms with Crippen LogP contribution in [0, 0.1) is 0 Å². The quantitative estimate of drug-likeness (QED) is 0.838. The highest BCUT2D eigenvalue weighted by Gasteiger charge is 2.37. The van der Waals surface area contributed by atoms with E-state index < -0.39 is 12.2 Å². The number of hydrogen-bond donors (Lipinski definition) is 1. The Kier molecular flexibility index (Phi) is 3.53. The Morgan fingerprint density at radius 2 is 2.00 bits per heavy atom. The molecule has 1 saturated heterocycles. The lowest BCUT2D eigenvalue weighted by Gasteiger charge is -2.37. The summed E-state index contributed by atoms with van der Waals surface area (Å²) in [5, 5.41) is 9.68. The Morgan fingerprint density at radius 1 is 1.30 bits per heavy atom. The summed E-state index contributed by atoms with van der Waals surface area (Å²) in [6, 6.07) is 7.35. The maximum Gasteiger partial charge on any atom is 0.267 e. The van der Waals surface area contributed by atoms with Gasteiger partial charge in [0.2, 0.25) is 6.10 Å². The molecule has 2 heterocycles. The zero-order valence-electron chi connectivity index (χ0n) is 11.5. The van der Waals surface area contributed by atoms with Crippen molar-refractivity contribution in [2.75, 3.05) is 13.1 Å². The standard InChI is InChI=1S/C15H19NO4/c1-10-14(15(18)16-8-4-5-11(17)9-16)20-13-7-3-2-6-12(13)19-10/h2-3,6-7,10-11,14,17H,4-5,8-9H2,1H3/t10?,11-,14?/m0/s1. The lowest BCUT2D eigenvalue weighted by Crippen LogP contribution is -2.53. The van der Waals surface area contributed by atoms with Gasteiger partial charge in [-0.3, -0.25) is 4.79 Å². The highest BCUT2D eigenvalue weighted by atomic mass is 16.6. The highest BCUT2D eigenvalue weighted by Crippen LogP contribution is 2.34. The minimum atomic E-state index is -0.643. The van der Waals surface area contributed by atoms with E-state index in [0.717, 1.165) is 12.8 Å². The molecule has 2 aliphatic heterocycles. The van der Waals surface area contributed by atoms with Crippen LogP contribution in [0.2, 0.25) is 0 Å². The number of amides is 1. The van der Waals surface area contributed by atoms with Gasteiger partial charge in [0.25, 0.3) is 5.91 Å². The van der Waals surface area contributed by atoms with Crippen LogP contribution in [-0.2, 0) is 4.79 Å². The van der Waals surface area contributed by atoms with Gasteiger partial charge in [-0.1, -0.05) is 12.1 Å².